The Bertz CT molecular complexity index is 1230. The van der Waals surface area contributed by atoms with E-state index in [1.807, 2.05) is 60.7 Å². The standard InChI is InChI=1S/C28H34N6O4/c1-28(2,29)27(37)31-22(18-38-17-20-10-5-3-6-11-20)25(35)32-23-16-34(19-30-23)24(21-12-7-4-8-13-21)26(36)33-14-9-15-33/h3-8,10-13,16,19,22,24H,9,14-15,17-18,29H2,1-2H3,(H,31,37)(H,32,35)/t22-,24?/m1/s1. The predicted octanol–water partition coefficient (Wildman–Crippen LogP) is 2.08. The lowest BCUT2D eigenvalue weighted by atomic mass is 10.0. The largest absolute Gasteiger partial charge is 0.374 e. The molecule has 1 fully saturated rings. The van der Waals surface area contributed by atoms with Crippen LogP contribution in [0.3, 0.4) is 0 Å². The Morgan fingerprint density at radius 1 is 1.05 bits per heavy atom. The Kier molecular flexibility index (Phi) is 8.55. The van der Waals surface area contributed by atoms with Gasteiger partial charge in [-0.15, -0.1) is 0 Å². The van der Waals surface area contributed by atoms with Crippen LogP contribution in [0.15, 0.2) is 73.2 Å². The van der Waals surface area contributed by atoms with Crippen molar-refractivity contribution in [2.24, 2.45) is 5.73 Å². The summed E-state index contributed by atoms with van der Waals surface area (Å²) in [4.78, 5) is 45.1. The maximum Gasteiger partial charge on any atom is 0.250 e. The van der Waals surface area contributed by atoms with Crippen LogP contribution in [0.4, 0.5) is 5.82 Å². The van der Waals surface area contributed by atoms with Gasteiger partial charge in [0.1, 0.15) is 12.1 Å². The van der Waals surface area contributed by atoms with E-state index in [0.717, 1.165) is 30.6 Å². The zero-order valence-electron chi connectivity index (χ0n) is 21.7. The van der Waals surface area contributed by atoms with Crippen molar-refractivity contribution in [1.29, 1.82) is 0 Å². The smallest absolute Gasteiger partial charge is 0.250 e. The molecule has 1 aliphatic rings. The lowest BCUT2D eigenvalue weighted by molar-refractivity contribution is -0.137. The van der Waals surface area contributed by atoms with E-state index in [9.17, 15) is 14.4 Å². The molecule has 38 heavy (non-hydrogen) atoms. The van der Waals surface area contributed by atoms with Gasteiger partial charge in [0.25, 0.3) is 5.91 Å². The van der Waals surface area contributed by atoms with Crippen molar-refractivity contribution in [3.8, 4) is 0 Å². The SMILES string of the molecule is CC(C)(N)C(=O)N[C@H](COCc1ccccc1)C(=O)Nc1cn(C(C(=O)N2CCC2)c2ccccc2)cn1. The van der Waals surface area contributed by atoms with E-state index in [1.54, 1.807) is 29.5 Å². The molecule has 200 valence electrons. The van der Waals surface area contributed by atoms with Gasteiger partial charge in [-0.25, -0.2) is 4.98 Å². The van der Waals surface area contributed by atoms with Gasteiger partial charge in [0.05, 0.1) is 25.1 Å². The number of likely N-dealkylation sites (tertiary alicyclic amines) is 1. The lowest BCUT2D eigenvalue weighted by Gasteiger charge is -2.34. The first-order chi connectivity index (χ1) is 18.2. The molecule has 1 aromatic heterocycles. The minimum atomic E-state index is -1.18. The van der Waals surface area contributed by atoms with Gasteiger partial charge in [0, 0.05) is 19.3 Å². The molecule has 1 aliphatic heterocycles. The number of nitrogens with zero attached hydrogens (tertiary/aromatic N) is 3. The summed E-state index contributed by atoms with van der Waals surface area (Å²) in [5.41, 5.74) is 6.51. The molecule has 0 saturated carbocycles. The number of carbonyl (C=O) groups is 3. The van der Waals surface area contributed by atoms with Crippen LogP contribution >= 0.6 is 0 Å². The number of imidazole rings is 1. The number of anilines is 1. The van der Waals surface area contributed by atoms with E-state index in [4.69, 9.17) is 10.5 Å². The maximum absolute atomic E-state index is 13.2. The third-order valence-electron chi connectivity index (χ3n) is 6.27. The molecule has 1 saturated heterocycles. The van der Waals surface area contributed by atoms with E-state index in [-0.39, 0.29) is 24.9 Å². The Hall–Kier alpha value is -4.02. The first-order valence-corrected chi connectivity index (χ1v) is 12.6. The zero-order valence-corrected chi connectivity index (χ0v) is 21.7. The molecule has 4 rings (SSSR count). The minimum absolute atomic E-state index is 0.0256. The fraction of sp³-hybridized carbons (Fsp3) is 0.357. The van der Waals surface area contributed by atoms with Crippen molar-refractivity contribution in [2.45, 2.75) is 44.5 Å². The Balaban J connectivity index is 1.47. The van der Waals surface area contributed by atoms with E-state index in [0.29, 0.717) is 0 Å². The summed E-state index contributed by atoms with van der Waals surface area (Å²) in [6.45, 7) is 4.78. The maximum atomic E-state index is 13.2. The van der Waals surface area contributed by atoms with Crippen molar-refractivity contribution in [3.05, 3.63) is 84.3 Å². The van der Waals surface area contributed by atoms with Crippen molar-refractivity contribution in [3.63, 3.8) is 0 Å². The summed E-state index contributed by atoms with van der Waals surface area (Å²) < 4.78 is 7.43. The van der Waals surface area contributed by atoms with Crippen LogP contribution in [0.25, 0.3) is 0 Å². The lowest BCUT2D eigenvalue weighted by Crippen LogP contribution is -2.56. The molecule has 4 N–H and O–H groups in total. The molecule has 10 nitrogen and oxygen atoms in total. The Morgan fingerprint density at radius 3 is 2.32 bits per heavy atom. The molecular formula is C28H34N6O4. The van der Waals surface area contributed by atoms with Crippen molar-refractivity contribution in [1.82, 2.24) is 19.8 Å². The van der Waals surface area contributed by atoms with E-state index in [2.05, 4.69) is 15.6 Å². The summed E-state index contributed by atoms with van der Waals surface area (Å²) in [6.07, 6.45) is 4.12. The highest BCUT2D eigenvalue weighted by molar-refractivity contribution is 5.98. The van der Waals surface area contributed by atoms with E-state index in [1.165, 1.54) is 6.33 Å². The zero-order chi connectivity index (χ0) is 27.1. The highest BCUT2D eigenvalue weighted by Gasteiger charge is 2.32. The number of nitrogens with two attached hydrogens (primary N) is 1. The molecule has 0 aliphatic carbocycles. The van der Waals surface area contributed by atoms with Gasteiger partial charge < -0.3 is 30.6 Å². The molecule has 10 heteroatoms. The number of rotatable bonds is 11. The molecule has 0 bridgehead atoms. The highest BCUT2D eigenvalue weighted by Crippen LogP contribution is 2.24. The number of hydrogen-bond acceptors (Lipinski definition) is 6. The Labute approximate surface area is 222 Å². The van der Waals surface area contributed by atoms with Crippen molar-refractivity contribution >= 4 is 23.5 Å². The average Bonchev–Trinajstić information content (AvgIpc) is 3.30. The number of nitrogens with one attached hydrogen (secondary N) is 2. The van der Waals surface area contributed by atoms with Crippen LogP contribution in [0, 0.1) is 0 Å². The first-order valence-electron chi connectivity index (χ1n) is 12.6. The third-order valence-corrected chi connectivity index (χ3v) is 6.27. The molecule has 2 atom stereocenters. The second-order valence-electron chi connectivity index (χ2n) is 9.94. The summed E-state index contributed by atoms with van der Waals surface area (Å²) >= 11 is 0. The van der Waals surface area contributed by atoms with Crippen LogP contribution in [0.5, 0.6) is 0 Å². The van der Waals surface area contributed by atoms with Crippen LogP contribution in [-0.4, -0.2) is 63.4 Å². The molecule has 2 aromatic carbocycles. The number of carbonyl (C=O) groups excluding carboxylic acids is 3. The van der Waals surface area contributed by atoms with E-state index < -0.39 is 29.4 Å². The normalized spacial score (nSPS) is 14.8. The Morgan fingerprint density at radius 2 is 1.71 bits per heavy atom. The average molecular weight is 519 g/mol. The summed E-state index contributed by atoms with van der Waals surface area (Å²) in [5.74, 6) is -0.772. The predicted molar refractivity (Wildman–Crippen MR) is 143 cm³/mol. The van der Waals surface area contributed by atoms with Crippen molar-refractivity contribution < 1.29 is 19.1 Å². The molecule has 3 aromatic rings. The van der Waals surface area contributed by atoms with Crippen molar-refractivity contribution in [2.75, 3.05) is 25.0 Å². The van der Waals surface area contributed by atoms with Crippen LogP contribution < -0.4 is 16.4 Å². The highest BCUT2D eigenvalue weighted by atomic mass is 16.5. The second-order valence-corrected chi connectivity index (χ2v) is 9.94. The number of aromatic nitrogens is 2. The second kappa shape index (κ2) is 12.0. The topological polar surface area (TPSA) is 132 Å². The number of hydrogen-bond donors (Lipinski definition) is 3. The summed E-state index contributed by atoms with van der Waals surface area (Å²) in [7, 11) is 0. The molecule has 0 spiro atoms. The van der Waals surface area contributed by atoms with Crippen LogP contribution in [0.1, 0.15) is 37.4 Å². The van der Waals surface area contributed by atoms with Gasteiger partial charge in [-0.05, 0) is 31.4 Å². The monoisotopic (exact) mass is 518 g/mol. The molecule has 2 heterocycles. The van der Waals surface area contributed by atoms with Crippen LogP contribution in [0.2, 0.25) is 0 Å². The minimum Gasteiger partial charge on any atom is -0.374 e. The molecule has 3 amide bonds. The van der Waals surface area contributed by atoms with Crippen LogP contribution in [-0.2, 0) is 25.7 Å². The van der Waals surface area contributed by atoms with Gasteiger partial charge in [0.15, 0.2) is 5.82 Å². The van der Waals surface area contributed by atoms with Gasteiger partial charge in [-0.3, -0.25) is 14.4 Å². The summed E-state index contributed by atoms with van der Waals surface area (Å²) in [6, 6.07) is 17.4. The molecular weight excluding hydrogens is 484 g/mol. The van der Waals surface area contributed by atoms with Gasteiger partial charge in [-0.2, -0.15) is 0 Å². The van der Waals surface area contributed by atoms with Gasteiger partial charge >= 0.3 is 0 Å². The molecule has 0 radical (unpaired) electrons. The summed E-state index contributed by atoms with van der Waals surface area (Å²) in [5, 5.41) is 5.41. The van der Waals surface area contributed by atoms with Gasteiger partial charge in [0.2, 0.25) is 11.8 Å². The third kappa shape index (κ3) is 6.84. The number of amides is 3. The van der Waals surface area contributed by atoms with E-state index >= 15 is 0 Å². The number of benzene rings is 2. The van der Waals surface area contributed by atoms with Gasteiger partial charge in [-0.1, -0.05) is 60.7 Å². The quantitative estimate of drug-likeness (QED) is 0.356. The fourth-order valence-electron chi connectivity index (χ4n) is 3.94. The fourth-order valence-corrected chi connectivity index (χ4v) is 3.94. The number of ether oxygens (including phenoxy) is 1. The molecule has 1 unspecified atom stereocenters. The first kappa shape index (κ1) is 27.0.